The van der Waals surface area contributed by atoms with Gasteiger partial charge in [-0.1, -0.05) is 35.9 Å². The van der Waals surface area contributed by atoms with Gasteiger partial charge >= 0.3 is 0 Å². The molecule has 0 spiro atoms. The molecule has 176 valence electrons. The number of benzene rings is 2. The Morgan fingerprint density at radius 3 is 2.73 bits per heavy atom. The van der Waals surface area contributed by atoms with Gasteiger partial charge in [0.1, 0.15) is 0 Å². The van der Waals surface area contributed by atoms with Crippen LogP contribution in [0.25, 0.3) is 10.2 Å². The quantitative estimate of drug-likeness (QED) is 0.334. The Bertz CT molecular complexity index is 1150. The number of nitrogens with zero attached hydrogens (tertiary/aromatic N) is 4. The van der Waals surface area contributed by atoms with Gasteiger partial charge in [-0.05, 0) is 30.2 Å². The highest BCUT2D eigenvalue weighted by Crippen LogP contribution is 2.32. The predicted molar refractivity (Wildman–Crippen MR) is 133 cm³/mol. The van der Waals surface area contributed by atoms with Gasteiger partial charge in [-0.25, -0.2) is 4.98 Å². The molecule has 3 aromatic rings. The van der Waals surface area contributed by atoms with E-state index in [-0.39, 0.29) is 28.7 Å². The second-order valence-electron chi connectivity index (χ2n) is 7.48. The summed E-state index contributed by atoms with van der Waals surface area (Å²) in [4.78, 5) is 32.8. The molecule has 4 rings (SSSR count). The number of non-ortho nitro benzene ring substituents is 1. The summed E-state index contributed by atoms with van der Waals surface area (Å²) in [6, 6.07) is 9.98. The predicted octanol–water partition coefficient (Wildman–Crippen LogP) is 4.82. The molecule has 0 aliphatic carbocycles. The van der Waals surface area contributed by atoms with Gasteiger partial charge in [0.25, 0.3) is 11.6 Å². The van der Waals surface area contributed by atoms with E-state index in [0.717, 1.165) is 29.7 Å². The van der Waals surface area contributed by atoms with E-state index in [0.29, 0.717) is 31.4 Å². The summed E-state index contributed by atoms with van der Waals surface area (Å²) in [5.74, 6) is -0.401. The highest BCUT2D eigenvalue weighted by Gasteiger charge is 2.26. The summed E-state index contributed by atoms with van der Waals surface area (Å²) in [6.45, 7) is 6.01. The maximum Gasteiger partial charge on any atom is 0.270 e. The van der Waals surface area contributed by atoms with Crippen LogP contribution in [0.3, 0.4) is 0 Å². The van der Waals surface area contributed by atoms with E-state index in [2.05, 4.69) is 22.9 Å². The van der Waals surface area contributed by atoms with Gasteiger partial charge in [0, 0.05) is 38.3 Å². The van der Waals surface area contributed by atoms with Crippen molar-refractivity contribution in [3.05, 3.63) is 62.7 Å². The number of nitro benzene ring substituents is 1. The lowest BCUT2D eigenvalue weighted by Gasteiger charge is -2.29. The monoisotopic (exact) mass is 510 g/mol. The fourth-order valence-corrected chi connectivity index (χ4v) is 4.83. The number of amides is 1. The van der Waals surface area contributed by atoms with E-state index in [9.17, 15) is 14.9 Å². The zero-order valence-electron chi connectivity index (χ0n) is 18.0. The van der Waals surface area contributed by atoms with Crippen LogP contribution in [-0.2, 0) is 11.2 Å². The number of hydrogen-bond acceptors (Lipinski definition) is 7. The summed E-state index contributed by atoms with van der Waals surface area (Å²) in [5, 5.41) is 12.0. The molecule has 2 aromatic carbocycles. The van der Waals surface area contributed by atoms with Gasteiger partial charge in [-0.15, -0.1) is 12.4 Å². The Balaban J connectivity index is 0.00000306. The zero-order chi connectivity index (χ0) is 22.7. The van der Waals surface area contributed by atoms with Crippen LogP contribution in [0.5, 0.6) is 0 Å². The lowest BCUT2D eigenvalue weighted by molar-refractivity contribution is -0.384. The molecule has 8 nitrogen and oxygen atoms in total. The number of anilines is 1. The van der Waals surface area contributed by atoms with E-state index in [4.69, 9.17) is 16.3 Å². The third kappa shape index (κ3) is 5.80. The Morgan fingerprint density at radius 2 is 2.03 bits per heavy atom. The third-order valence-corrected chi connectivity index (χ3v) is 6.83. The van der Waals surface area contributed by atoms with Gasteiger partial charge < -0.3 is 4.74 Å². The first-order valence-corrected chi connectivity index (χ1v) is 11.6. The van der Waals surface area contributed by atoms with E-state index in [1.807, 2.05) is 12.1 Å². The second-order valence-corrected chi connectivity index (χ2v) is 8.90. The molecule has 2 heterocycles. The van der Waals surface area contributed by atoms with Crippen LogP contribution in [0.1, 0.15) is 22.8 Å². The number of aromatic nitrogens is 1. The van der Waals surface area contributed by atoms with E-state index >= 15 is 0 Å². The Kier molecular flexibility index (Phi) is 8.61. The molecule has 1 aliphatic rings. The number of carbonyl (C=O) groups is 1. The van der Waals surface area contributed by atoms with Crippen molar-refractivity contribution in [2.45, 2.75) is 13.3 Å². The van der Waals surface area contributed by atoms with Crippen molar-refractivity contribution in [2.24, 2.45) is 0 Å². The van der Waals surface area contributed by atoms with Gasteiger partial charge in [0.15, 0.2) is 5.13 Å². The van der Waals surface area contributed by atoms with Crippen LogP contribution in [0.15, 0.2) is 36.4 Å². The first-order chi connectivity index (χ1) is 15.5. The minimum atomic E-state index is -0.533. The van der Waals surface area contributed by atoms with Crippen LogP contribution in [0, 0.1) is 10.1 Å². The van der Waals surface area contributed by atoms with Crippen molar-refractivity contribution in [3.63, 3.8) is 0 Å². The Labute approximate surface area is 206 Å². The number of ether oxygens (including phenoxy) is 1. The molecule has 0 unspecified atom stereocenters. The summed E-state index contributed by atoms with van der Waals surface area (Å²) < 4.78 is 6.40. The standard InChI is InChI=1S/C22H23ClN4O4S.ClH/c1-2-15-3-6-19-20(13-15)32-22(24-19)26(8-7-25-9-11-31-12-10-25)21(28)17-14-16(27(29)30)4-5-18(17)23;/h3-6,13-14H,2,7-12H2,1H3;1H. The molecule has 1 aromatic heterocycles. The first-order valence-electron chi connectivity index (χ1n) is 10.4. The fraction of sp³-hybridized carbons (Fsp3) is 0.364. The van der Waals surface area contributed by atoms with Crippen LogP contribution in [0.4, 0.5) is 10.8 Å². The molecular weight excluding hydrogens is 487 g/mol. The SMILES string of the molecule is CCc1ccc2nc(N(CCN3CCOCC3)C(=O)c3cc([N+](=O)[O-])ccc3Cl)sc2c1.Cl. The number of halogens is 2. The molecule has 0 saturated carbocycles. The molecular formula is C22H24Cl2N4O4S. The first kappa shape index (κ1) is 25.3. The van der Waals surface area contributed by atoms with E-state index in [1.165, 1.54) is 35.1 Å². The molecule has 0 radical (unpaired) electrons. The molecule has 1 fully saturated rings. The third-order valence-electron chi connectivity index (χ3n) is 5.46. The number of carbonyl (C=O) groups excluding carboxylic acids is 1. The number of thiazole rings is 1. The van der Waals surface area contributed by atoms with Crippen LogP contribution in [-0.4, -0.2) is 60.1 Å². The molecule has 0 bridgehead atoms. The molecule has 0 N–H and O–H groups in total. The van der Waals surface area contributed by atoms with Gasteiger partial charge in [0.2, 0.25) is 0 Å². The Hall–Kier alpha value is -2.30. The van der Waals surface area contributed by atoms with Crippen molar-refractivity contribution < 1.29 is 14.5 Å². The summed E-state index contributed by atoms with van der Waals surface area (Å²) in [7, 11) is 0. The van der Waals surface area contributed by atoms with E-state index < -0.39 is 10.8 Å². The van der Waals surface area contributed by atoms with Crippen LogP contribution in [0.2, 0.25) is 5.02 Å². The zero-order valence-corrected chi connectivity index (χ0v) is 20.4. The highest BCUT2D eigenvalue weighted by atomic mass is 35.5. The number of hydrogen-bond donors (Lipinski definition) is 0. The van der Waals surface area contributed by atoms with Crippen molar-refractivity contribution >= 4 is 62.3 Å². The van der Waals surface area contributed by atoms with Gasteiger partial charge in [-0.2, -0.15) is 0 Å². The largest absolute Gasteiger partial charge is 0.379 e. The minimum absolute atomic E-state index is 0. The lowest BCUT2D eigenvalue weighted by atomic mass is 10.1. The van der Waals surface area contributed by atoms with Gasteiger partial charge in [-0.3, -0.25) is 24.7 Å². The smallest absolute Gasteiger partial charge is 0.270 e. The molecule has 1 aliphatic heterocycles. The normalized spacial score (nSPS) is 14.1. The van der Waals surface area contributed by atoms with Crippen molar-refractivity contribution in [1.82, 2.24) is 9.88 Å². The van der Waals surface area contributed by atoms with Crippen molar-refractivity contribution in [2.75, 3.05) is 44.3 Å². The minimum Gasteiger partial charge on any atom is -0.379 e. The van der Waals surface area contributed by atoms with Crippen LogP contribution >= 0.6 is 35.3 Å². The molecule has 1 amide bonds. The van der Waals surface area contributed by atoms with Crippen molar-refractivity contribution in [1.29, 1.82) is 0 Å². The highest BCUT2D eigenvalue weighted by molar-refractivity contribution is 7.22. The fourth-order valence-electron chi connectivity index (χ4n) is 3.58. The second kappa shape index (κ2) is 11.2. The number of rotatable bonds is 7. The van der Waals surface area contributed by atoms with Gasteiger partial charge in [0.05, 0.1) is 38.9 Å². The summed E-state index contributed by atoms with van der Waals surface area (Å²) >= 11 is 7.72. The molecule has 33 heavy (non-hydrogen) atoms. The number of fused-ring (bicyclic) bond motifs is 1. The summed E-state index contributed by atoms with van der Waals surface area (Å²) in [5.41, 5.74) is 1.93. The number of morpholine rings is 1. The average Bonchev–Trinajstić information content (AvgIpc) is 3.22. The maximum atomic E-state index is 13.6. The molecule has 11 heteroatoms. The molecule has 0 atom stereocenters. The topological polar surface area (TPSA) is 88.8 Å². The Morgan fingerprint density at radius 1 is 1.27 bits per heavy atom. The maximum absolute atomic E-state index is 13.6. The van der Waals surface area contributed by atoms with E-state index in [1.54, 1.807) is 4.90 Å². The number of aryl methyl sites for hydroxylation is 1. The van der Waals surface area contributed by atoms with Crippen LogP contribution < -0.4 is 4.90 Å². The number of nitro groups is 1. The summed E-state index contributed by atoms with van der Waals surface area (Å²) in [6.07, 6.45) is 0.909. The van der Waals surface area contributed by atoms with Crippen molar-refractivity contribution in [3.8, 4) is 0 Å². The lowest BCUT2D eigenvalue weighted by Crippen LogP contribution is -2.43. The average molecular weight is 511 g/mol. The molecule has 1 saturated heterocycles.